The van der Waals surface area contributed by atoms with Crippen LogP contribution in [0.1, 0.15) is 41.5 Å². The van der Waals surface area contributed by atoms with Crippen molar-refractivity contribution in [2.24, 2.45) is 5.92 Å². The number of carbonyl (C=O) groups excluding carboxylic acids is 1. The number of hydrogen-bond donors (Lipinski definition) is 1. The van der Waals surface area contributed by atoms with Crippen LogP contribution in [0.3, 0.4) is 0 Å². The van der Waals surface area contributed by atoms with E-state index in [9.17, 15) is 4.79 Å². The summed E-state index contributed by atoms with van der Waals surface area (Å²) in [4.78, 5) is 11.8. The van der Waals surface area contributed by atoms with Gasteiger partial charge in [0.2, 0.25) is 6.41 Å². The molecule has 148 valence electrons. The van der Waals surface area contributed by atoms with Gasteiger partial charge in [-0.15, -0.1) is 0 Å². The molecule has 0 radical (unpaired) electrons. The Labute approximate surface area is 150 Å². The van der Waals surface area contributed by atoms with E-state index in [4.69, 9.17) is 14.2 Å². The molecule has 0 aromatic carbocycles. The fourth-order valence-electron chi connectivity index (χ4n) is 1.12. The van der Waals surface area contributed by atoms with Crippen LogP contribution in [0.25, 0.3) is 0 Å². The monoisotopic (exact) mass is 350 g/mol. The van der Waals surface area contributed by atoms with Gasteiger partial charge < -0.3 is 24.4 Å². The Morgan fingerprint density at radius 2 is 1.33 bits per heavy atom. The van der Waals surface area contributed by atoms with Crippen LogP contribution in [0.2, 0.25) is 0 Å². The molecule has 0 aliphatic rings. The van der Waals surface area contributed by atoms with Crippen LogP contribution < -0.4 is 5.32 Å². The summed E-state index contributed by atoms with van der Waals surface area (Å²) in [6.45, 7) is 18.6. The highest BCUT2D eigenvalue weighted by molar-refractivity contribution is 5.46. The van der Waals surface area contributed by atoms with Gasteiger partial charge in [-0.25, -0.2) is 0 Å². The van der Waals surface area contributed by atoms with E-state index in [1.165, 1.54) is 0 Å². The summed E-state index contributed by atoms with van der Waals surface area (Å²) in [7, 11) is 1.72. The smallest absolute Gasteiger partial charge is 0.209 e. The van der Waals surface area contributed by atoms with Crippen LogP contribution in [-0.2, 0) is 19.0 Å². The average Bonchev–Trinajstić information content (AvgIpc) is 2.57. The molecule has 0 aliphatic heterocycles. The second-order valence-electron chi connectivity index (χ2n) is 5.51. The summed E-state index contributed by atoms with van der Waals surface area (Å²) in [6.07, 6.45) is 0.782. The van der Waals surface area contributed by atoms with Crippen LogP contribution in [0, 0.1) is 5.92 Å². The maximum atomic E-state index is 10.3. The Kier molecular flexibility index (Phi) is 31.8. The molecule has 0 aromatic heterocycles. The Morgan fingerprint density at radius 3 is 1.75 bits per heavy atom. The Balaban J connectivity index is -0.000000636. The van der Waals surface area contributed by atoms with Crippen LogP contribution in [0.4, 0.5) is 0 Å². The summed E-state index contributed by atoms with van der Waals surface area (Å²) in [5.41, 5.74) is 0. The highest BCUT2D eigenvalue weighted by atomic mass is 16.5. The van der Waals surface area contributed by atoms with Gasteiger partial charge in [0.05, 0.1) is 39.6 Å². The maximum Gasteiger partial charge on any atom is 0.209 e. The standard InChI is InChI=1S/C12H26N2O4.C4H10.C2H6/c1-3-13-4-6-16-8-10-18-11-9-17-7-5-14(2)12-15;1-4(2)3;1-2/h12-13H,3-11H2,1-2H3;4H,1-3H3;1-2H3. The summed E-state index contributed by atoms with van der Waals surface area (Å²) in [5, 5.41) is 3.17. The number of nitrogens with one attached hydrogen (secondary N) is 1. The van der Waals surface area contributed by atoms with Crippen LogP contribution in [0.15, 0.2) is 0 Å². The van der Waals surface area contributed by atoms with Crippen molar-refractivity contribution < 1.29 is 19.0 Å². The van der Waals surface area contributed by atoms with Crippen LogP contribution in [-0.4, -0.2) is 77.6 Å². The first-order valence-corrected chi connectivity index (χ1v) is 9.14. The number of rotatable bonds is 14. The molecule has 0 rings (SSSR count). The first-order valence-electron chi connectivity index (χ1n) is 9.14. The van der Waals surface area contributed by atoms with E-state index in [2.05, 4.69) is 33.0 Å². The first-order chi connectivity index (χ1) is 11.5. The zero-order valence-corrected chi connectivity index (χ0v) is 17.1. The lowest BCUT2D eigenvalue weighted by atomic mass is 10.3. The Hall–Kier alpha value is -0.690. The van der Waals surface area contributed by atoms with E-state index >= 15 is 0 Å². The zero-order chi connectivity index (χ0) is 19.1. The van der Waals surface area contributed by atoms with Crippen molar-refractivity contribution in [3.63, 3.8) is 0 Å². The molecule has 0 saturated heterocycles. The number of carbonyl (C=O) groups is 1. The molecule has 0 spiro atoms. The Bertz CT molecular complexity index is 214. The highest BCUT2D eigenvalue weighted by Crippen LogP contribution is 1.83. The molecule has 6 nitrogen and oxygen atoms in total. The van der Waals surface area contributed by atoms with Crippen molar-refractivity contribution >= 4 is 6.41 Å². The SMILES string of the molecule is CC.CC(C)C.CCNCCOCCOCCOCCN(C)C=O. The quantitative estimate of drug-likeness (QED) is 0.385. The number of amides is 1. The van der Waals surface area contributed by atoms with E-state index in [-0.39, 0.29) is 0 Å². The van der Waals surface area contributed by atoms with Crippen molar-refractivity contribution in [3.05, 3.63) is 0 Å². The molecule has 0 fully saturated rings. The molecular formula is C18H42N2O4. The molecule has 6 heteroatoms. The van der Waals surface area contributed by atoms with Gasteiger partial charge in [-0.3, -0.25) is 4.79 Å². The molecule has 0 aliphatic carbocycles. The first kappa shape index (κ1) is 28.1. The van der Waals surface area contributed by atoms with Crippen molar-refractivity contribution in [1.82, 2.24) is 10.2 Å². The second-order valence-corrected chi connectivity index (χ2v) is 5.51. The van der Waals surface area contributed by atoms with Gasteiger partial charge >= 0.3 is 0 Å². The fourth-order valence-corrected chi connectivity index (χ4v) is 1.12. The summed E-state index contributed by atoms with van der Waals surface area (Å²) in [6, 6.07) is 0. The fraction of sp³-hybridized carbons (Fsp3) is 0.944. The predicted octanol–water partition coefficient (Wildman–Crippen LogP) is 2.42. The lowest BCUT2D eigenvalue weighted by Gasteiger charge is -2.10. The topological polar surface area (TPSA) is 60.0 Å². The van der Waals surface area contributed by atoms with Crippen molar-refractivity contribution in [2.75, 3.05) is 66.3 Å². The van der Waals surface area contributed by atoms with Crippen molar-refractivity contribution in [3.8, 4) is 0 Å². The van der Waals surface area contributed by atoms with Gasteiger partial charge in [-0.1, -0.05) is 41.5 Å². The molecule has 0 unspecified atom stereocenters. The lowest BCUT2D eigenvalue weighted by Crippen LogP contribution is -2.22. The minimum Gasteiger partial charge on any atom is -0.378 e. The lowest BCUT2D eigenvalue weighted by molar-refractivity contribution is -0.117. The highest BCUT2D eigenvalue weighted by Gasteiger charge is 1.94. The molecule has 1 N–H and O–H groups in total. The van der Waals surface area contributed by atoms with E-state index in [0.29, 0.717) is 46.2 Å². The third kappa shape index (κ3) is 37.5. The zero-order valence-electron chi connectivity index (χ0n) is 17.1. The normalized spacial score (nSPS) is 9.67. The minimum absolute atomic E-state index is 0.539. The maximum absolute atomic E-state index is 10.3. The number of hydrogen-bond acceptors (Lipinski definition) is 5. The van der Waals surface area contributed by atoms with Crippen LogP contribution in [0.5, 0.6) is 0 Å². The summed E-state index contributed by atoms with van der Waals surface area (Å²) < 4.78 is 15.9. The number of ether oxygens (including phenoxy) is 3. The second kappa shape index (κ2) is 27.2. The van der Waals surface area contributed by atoms with Crippen molar-refractivity contribution in [2.45, 2.75) is 41.5 Å². The third-order valence-corrected chi connectivity index (χ3v) is 2.19. The molecule has 0 saturated carbocycles. The van der Waals surface area contributed by atoms with Gasteiger partial charge in [0.1, 0.15) is 0 Å². The number of nitrogens with zero attached hydrogens (tertiary/aromatic N) is 1. The number of likely N-dealkylation sites (N-methyl/N-ethyl adjacent to an activating group) is 2. The van der Waals surface area contributed by atoms with Gasteiger partial charge in [-0.05, 0) is 12.5 Å². The molecule has 24 heavy (non-hydrogen) atoms. The molecule has 0 bridgehead atoms. The van der Waals surface area contributed by atoms with E-state index in [1.807, 2.05) is 13.8 Å². The van der Waals surface area contributed by atoms with Gasteiger partial charge in [0.25, 0.3) is 0 Å². The minimum atomic E-state index is 0.539. The van der Waals surface area contributed by atoms with Gasteiger partial charge in [0.15, 0.2) is 0 Å². The predicted molar refractivity (Wildman–Crippen MR) is 102 cm³/mol. The molecular weight excluding hydrogens is 308 g/mol. The van der Waals surface area contributed by atoms with Crippen LogP contribution >= 0.6 is 0 Å². The molecule has 0 aromatic rings. The Morgan fingerprint density at radius 1 is 0.917 bits per heavy atom. The van der Waals surface area contributed by atoms with E-state index < -0.39 is 0 Å². The molecule has 1 amide bonds. The average molecular weight is 351 g/mol. The summed E-state index contributed by atoms with van der Waals surface area (Å²) in [5.74, 6) is 0.833. The van der Waals surface area contributed by atoms with E-state index in [1.54, 1.807) is 11.9 Å². The largest absolute Gasteiger partial charge is 0.378 e. The molecule has 0 heterocycles. The van der Waals surface area contributed by atoms with Gasteiger partial charge in [-0.2, -0.15) is 0 Å². The van der Waals surface area contributed by atoms with Crippen molar-refractivity contribution in [1.29, 1.82) is 0 Å². The van der Waals surface area contributed by atoms with E-state index in [0.717, 1.165) is 25.4 Å². The summed E-state index contributed by atoms with van der Waals surface area (Å²) >= 11 is 0. The molecule has 0 atom stereocenters. The van der Waals surface area contributed by atoms with Gasteiger partial charge in [0, 0.05) is 20.1 Å². The third-order valence-electron chi connectivity index (χ3n) is 2.19.